The Labute approximate surface area is 126 Å². The summed E-state index contributed by atoms with van der Waals surface area (Å²) in [7, 11) is 1.68. The van der Waals surface area contributed by atoms with E-state index in [0.29, 0.717) is 0 Å². The summed E-state index contributed by atoms with van der Waals surface area (Å²) < 4.78 is 11.1. The van der Waals surface area contributed by atoms with Crippen molar-refractivity contribution in [3.8, 4) is 5.75 Å². The van der Waals surface area contributed by atoms with Crippen LogP contribution in [0, 0.1) is 0 Å². The molecule has 21 heavy (non-hydrogen) atoms. The van der Waals surface area contributed by atoms with Crippen LogP contribution in [-0.2, 0) is 0 Å². The van der Waals surface area contributed by atoms with Gasteiger partial charge in [-0.25, -0.2) is 0 Å². The molecule has 3 heterocycles. The molecule has 2 aliphatic heterocycles. The van der Waals surface area contributed by atoms with Gasteiger partial charge in [0, 0.05) is 22.4 Å². The third-order valence-electron chi connectivity index (χ3n) is 3.71. The Morgan fingerprint density at radius 1 is 1.48 bits per heavy atom. The monoisotopic (exact) mass is 298 g/mol. The van der Waals surface area contributed by atoms with Gasteiger partial charge in [0.2, 0.25) is 0 Å². The van der Waals surface area contributed by atoms with Crippen LogP contribution in [0.15, 0.2) is 51.4 Å². The zero-order valence-corrected chi connectivity index (χ0v) is 12.4. The molecular weight excluding hydrogens is 284 g/mol. The second-order valence-electron chi connectivity index (χ2n) is 4.85. The van der Waals surface area contributed by atoms with Gasteiger partial charge in [0.15, 0.2) is 5.17 Å². The Hall–Kier alpha value is -2.14. The molecule has 1 aromatic heterocycles. The van der Waals surface area contributed by atoms with E-state index in [2.05, 4.69) is 16.5 Å². The Balaban J connectivity index is 1.98. The van der Waals surface area contributed by atoms with Gasteiger partial charge in [-0.15, -0.1) is 0 Å². The molecule has 0 atom stereocenters. The maximum Gasteiger partial charge on any atom is 0.168 e. The smallest absolute Gasteiger partial charge is 0.168 e. The average Bonchev–Trinajstić information content (AvgIpc) is 3.20. The Morgan fingerprint density at radius 3 is 3.19 bits per heavy atom. The molecular formula is C16H14N2O2S. The van der Waals surface area contributed by atoms with Crippen molar-refractivity contribution in [1.29, 1.82) is 0 Å². The molecule has 0 amide bonds. The fourth-order valence-electron chi connectivity index (χ4n) is 2.77. The van der Waals surface area contributed by atoms with E-state index >= 15 is 0 Å². The minimum Gasteiger partial charge on any atom is -0.497 e. The van der Waals surface area contributed by atoms with Gasteiger partial charge in [-0.2, -0.15) is 0 Å². The number of hydrogen-bond donors (Lipinski definition) is 0. The summed E-state index contributed by atoms with van der Waals surface area (Å²) in [6, 6.07) is 5.96. The summed E-state index contributed by atoms with van der Waals surface area (Å²) >= 11 is 1.66. The first-order valence-electron chi connectivity index (χ1n) is 6.74. The number of thioether (sulfide) groups is 1. The van der Waals surface area contributed by atoms with Crippen molar-refractivity contribution in [1.82, 2.24) is 4.90 Å². The van der Waals surface area contributed by atoms with Crippen LogP contribution in [-0.4, -0.2) is 30.3 Å². The van der Waals surface area contributed by atoms with E-state index < -0.39 is 0 Å². The van der Waals surface area contributed by atoms with Crippen molar-refractivity contribution in [2.24, 2.45) is 4.99 Å². The number of methoxy groups -OCH3 is 1. The SMILES string of the molecule is C=CC1=C(c2cc(OC)cc3ccoc23)N2CCN=C2S1. The van der Waals surface area contributed by atoms with E-state index in [1.54, 1.807) is 25.1 Å². The van der Waals surface area contributed by atoms with Gasteiger partial charge in [0.25, 0.3) is 0 Å². The topological polar surface area (TPSA) is 38.0 Å². The molecule has 1 aromatic carbocycles. The highest BCUT2D eigenvalue weighted by atomic mass is 32.2. The molecule has 2 aromatic rings. The summed E-state index contributed by atoms with van der Waals surface area (Å²) in [5.74, 6) is 0.824. The fraction of sp³-hybridized carbons (Fsp3) is 0.188. The number of nitrogens with zero attached hydrogens (tertiary/aromatic N) is 2. The number of aliphatic imine (C=N–C) groups is 1. The summed E-state index contributed by atoms with van der Waals surface area (Å²) in [4.78, 5) is 7.88. The standard InChI is InChI=1S/C16H14N2O2S/c1-3-13-14(18-6-5-17-16(18)21-13)12-9-11(19-2)8-10-4-7-20-15(10)12/h3-4,7-9H,1,5-6H2,2H3. The first-order chi connectivity index (χ1) is 10.3. The highest BCUT2D eigenvalue weighted by Gasteiger charge is 2.33. The van der Waals surface area contributed by atoms with E-state index in [9.17, 15) is 0 Å². The highest BCUT2D eigenvalue weighted by molar-refractivity contribution is 8.17. The lowest BCUT2D eigenvalue weighted by Gasteiger charge is -2.18. The molecule has 4 nitrogen and oxygen atoms in total. The minimum absolute atomic E-state index is 0.824. The molecule has 2 aliphatic rings. The number of furan rings is 1. The summed E-state index contributed by atoms with van der Waals surface area (Å²) in [6.45, 7) is 5.67. The average molecular weight is 298 g/mol. The maximum absolute atomic E-state index is 5.70. The highest BCUT2D eigenvalue weighted by Crippen LogP contribution is 2.44. The number of amidine groups is 1. The number of fused-ring (bicyclic) bond motifs is 2. The van der Waals surface area contributed by atoms with Crippen LogP contribution >= 0.6 is 11.8 Å². The van der Waals surface area contributed by atoms with Crippen molar-refractivity contribution < 1.29 is 9.15 Å². The van der Waals surface area contributed by atoms with Crippen molar-refractivity contribution in [2.75, 3.05) is 20.2 Å². The number of hydrogen-bond acceptors (Lipinski definition) is 5. The number of benzene rings is 1. The van der Waals surface area contributed by atoms with Gasteiger partial charge in [-0.1, -0.05) is 12.7 Å². The van der Waals surface area contributed by atoms with Gasteiger partial charge >= 0.3 is 0 Å². The Morgan fingerprint density at radius 2 is 2.38 bits per heavy atom. The molecule has 0 bridgehead atoms. The molecule has 106 valence electrons. The van der Waals surface area contributed by atoms with Crippen LogP contribution in [0.5, 0.6) is 5.75 Å². The maximum atomic E-state index is 5.70. The lowest BCUT2D eigenvalue weighted by atomic mass is 10.1. The second kappa shape index (κ2) is 4.70. The van der Waals surface area contributed by atoms with Crippen LogP contribution in [0.25, 0.3) is 16.7 Å². The van der Waals surface area contributed by atoms with E-state index in [4.69, 9.17) is 9.15 Å². The van der Waals surface area contributed by atoms with Gasteiger partial charge in [-0.05, 0) is 30.0 Å². The van der Waals surface area contributed by atoms with E-state index in [0.717, 1.165) is 51.1 Å². The third kappa shape index (κ3) is 1.81. The van der Waals surface area contributed by atoms with Crippen LogP contribution in [0.2, 0.25) is 0 Å². The van der Waals surface area contributed by atoms with E-state index in [1.807, 2.05) is 24.3 Å². The van der Waals surface area contributed by atoms with Crippen molar-refractivity contribution >= 4 is 33.6 Å². The molecule has 0 saturated carbocycles. The first-order valence-corrected chi connectivity index (χ1v) is 7.55. The zero-order chi connectivity index (χ0) is 14.4. The van der Waals surface area contributed by atoms with Crippen LogP contribution < -0.4 is 4.74 Å². The molecule has 0 aliphatic carbocycles. The predicted octanol–water partition coefficient (Wildman–Crippen LogP) is 3.71. The van der Waals surface area contributed by atoms with Crippen molar-refractivity contribution in [3.05, 3.63) is 47.6 Å². The minimum atomic E-state index is 0.824. The first kappa shape index (κ1) is 12.6. The molecule has 0 N–H and O–H groups in total. The van der Waals surface area contributed by atoms with Crippen LogP contribution in [0.4, 0.5) is 0 Å². The quantitative estimate of drug-likeness (QED) is 0.865. The normalized spacial score (nSPS) is 17.4. The largest absolute Gasteiger partial charge is 0.497 e. The number of rotatable bonds is 3. The van der Waals surface area contributed by atoms with Gasteiger partial charge in [-0.3, -0.25) is 4.99 Å². The molecule has 0 radical (unpaired) electrons. The lowest BCUT2D eigenvalue weighted by Crippen LogP contribution is -2.20. The molecule has 5 heteroatoms. The third-order valence-corrected chi connectivity index (χ3v) is 4.82. The summed E-state index contributed by atoms with van der Waals surface area (Å²) in [6.07, 6.45) is 3.60. The van der Waals surface area contributed by atoms with Gasteiger partial charge in [0.05, 0.1) is 25.6 Å². The van der Waals surface area contributed by atoms with Crippen LogP contribution in [0.3, 0.4) is 0 Å². The van der Waals surface area contributed by atoms with Gasteiger partial charge in [0.1, 0.15) is 11.3 Å². The molecule has 0 spiro atoms. The van der Waals surface area contributed by atoms with E-state index in [-0.39, 0.29) is 0 Å². The number of allylic oxidation sites excluding steroid dienone is 1. The molecule has 0 unspecified atom stereocenters. The fourth-order valence-corrected chi connectivity index (χ4v) is 3.81. The number of ether oxygens (including phenoxy) is 1. The zero-order valence-electron chi connectivity index (χ0n) is 11.6. The van der Waals surface area contributed by atoms with E-state index in [1.165, 1.54) is 0 Å². The summed E-state index contributed by atoms with van der Waals surface area (Å²) in [5.41, 5.74) is 3.02. The second-order valence-corrected chi connectivity index (χ2v) is 5.86. The molecule has 0 saturated heterocycles. The Kier molecular flexibility index (Phi) is 2.82. The summed E-state index contributed by atoms with van der Waals surface area (Å²) in [5, 5.41) is 2.08. The predicted molar refractivity (Wildman–Crippen MR) is 86.5 cm³/mol. The van der Waals surface area contributed by atoms with Crippen molar-refractivity contribution in [2.45, 2.75) is 0 Å². The van der Waals surface area contributed by atoms with Crippen LogP contribution in [0.1, 0.15) is 5.56 Å². The molecule has 4 rings (SSSR count). The Bertz CT molecular complexity index is 804. The molecule has 0 fully saturated rings. The lowest BCUT2D eigenvalue weighted by molar-refractivity contribution is 0.415. The van der Waals surface area contributed by atoms with Gasteiger partial charge < -0.3 is 14.1 Å². The van der Waals surface area contributed by atoms with Crippen molar-refractivity contribution in [3.63, 3.8) is 0 Å².